The van der Waals surface area contributed by atoms with Crippen molar-refractivity contribution < 1.29 is 18.8 Å². The predicted molar refractivity (Wildman–Crippen MR) is 113 cm³/mol. The number of rotatable bonds is 9. The van der Waals surface area contributed by atoms with Crippen molar-refractivity contribution in [2.24, 2.45) is 0 Å². The van der Waals surface area contributed by atoms with Crippen LogP contribution in [0.4, 0.5) is 0 Å². The number of carbonyl (C=O) groups excluding carboxylic acids is 1. The van der Waals surface area contributed by atoms with Crippen LogP contribution in [0.1, 0.15) is 31.7 Å². The van der Waals surface area contributed by atoms with Crippen molar-refractivity contribution in [2.45, 2.75) is 39.3 Å². The molecule has 2 aromatic carbocycles. The summed E-state index contributed by atoms with van der Waals surface area (Å²) in [6.07, 6.45) is 0.690. The summed E-state index contributed by atoms with van der Waals surface area (Å²) in [6.45, 7) is 4.61. The predicted octanol–water partition coefficient (Wildman–Crippen LogP) is 4.12. The zero-order valence-corrected chi connectivity index (χ0v) is 17.8. The number of ether oxygens (including phenoxy) is 2. The molecule has 30 heavy (non-hydrogen) atoms. The monoisotopic (exact) mass is 409 g/mol. The maximum absolute atomic E-state index is 12.8. The second-order valence-corrected chi connectivity index (χ2v) is 7.18. The summed E-state index contributed by atoms with van der Waals surface area (Å²) in [6, 6.07) is 15.5. The number of nitrogens with zero attached hydrogens (tertiary/aromatic N) is 3. The van der Waals surface area contributed by atoms with Gasteiger partial charge in [-0.3, -0.25) is 4.79 Å². The van der Waals surface area contributed by atoms with E-state index in [1.54, 1.807) is 26.4 Å². The molecule has 0 atom stereocenters. The van der Waals surface area contributed by atoms with Gasteiger partial charge in [-0.25, -0.2) is 0 Å². The smallest absolute Gasteiger partial charge is 0.227 e. The highest BCUT2D eigenvalue weighted by molar-refractivity contribution is 5.76. The summed E-state index contributed by atoms with van der Waals surface area (Å²) in [5, 5.41) is 4.04. The minimum Gasteiger partial charge on any atom is -0.493 e. The average Bonchev–Trinajstić information content (AvgIpc) is 3.25. The molecule has 0 saturated carbocycles. The van der Waals surface area contributed by atoms with E-state index in [4.69, 9.17) is 14.0 Å². The first-order chi connectivity index (χ1) is 14.5. The molecule has 0 aliphatic carbocycles. The van der Waals surface area contributed by atoms with Crippen LogP contribution in [0, 0.1) is 0 Å². The molecule has 1 heterocycles. The molecule has 1 aromatic heterocycles. The Hall–Kier alpha value is -3.35. The van der Waals surface area contributed by atoms with Crippen LogP contribution in [0.5, 0.6) is 11.5 Å². The molecule has 0 N–H and O–H groups in total. The Kier molecular flexibility index (Phi) is 7.06. The van der Waals surface area contributed by atoms with E-state index >= 15 is 0 Å². The first-order valence-electron chi connectivity index (χ1n) is 9.90. The van der Waals surface area contributed by atoms with Crippen LogP contribution in [0.15, 0.2) is 53.1 Å². The maximum atomic E-state index is 12.8. The summed E-state index contributed by atoms with van der Waals surface area (Å²) in [4.78, 5) is 19.1. The van der Waals surface area contributed by atoms with Crippen molar-refractivity contribution in [1.29, 1.82) is 0 Å². The first-order valence-corrected chi connectivity index (χ1v) is 9.90. The van der Waals surface area contributed by atoms with Gasteiger partial charge in [0.2, 0.25) is 17.6 Å². The van der Waals surface area contributed by atoms with Crippen LogP contribution in [-0.2, 0) is 17.8 Å². The molecule has 3 aromatic rings. The lowest BCUT2D eigenvalue weighted by Gasteiger charge is -2.26. The van der Waals surface area contributed by atoms with E-state index in [1.807, 2.05) is 55.1 Å². The molecule has 0 unspecified atom stereocenters. The average molecular weight is 409 g/mol. The number of hydrogen-bond acceptors (Lipinski definition) is 6. The van der Waals surface area contributed by atoms with E-state index in [2.05, 4.69) is 10.1 Å². The molecule has 7 nitrogen and oxygen atoms in total. The Bertz CT molecular complexity index is 970. The van der Waals surface area contributed by atoms with E-state index < -0.39 is 0 Å². The van der Waals surface area contributed by atoms with Crippen LogP contribution in [0.25, 0.3) is 11.4 Å². The lowest BCUT2D eigenvalue weighted by molar-refractivity contribution is -0.133. The van der Waals surface area contributed by atoms with E-state index in [0.717, 1.165) is 11.1 Å². The molecule has 0 bridgehead atoms. The summed E-state index contributed by atoms with van der Waals surface area (Å²) in [5.74, 6) is 2.15. The summed E-state index contributed by atoms with van der Waals surface area (Å²) in [7, 11) is 3.16. The molecule has 1 amide bonds. The fourth-order valence-electron chi connectivity index (χ4n) is 3.15. The van der Waals surface area contributed by atoms with Crippen molar-refractivity contribution in [2.75, 3.05) is 14.2 Å². The molecule has 3 rings (SSSR count). The highest BCUT2D eigenvalue weighted by Crippen LogP contribution is 2.31. The lowest BCUT2D eigenvalue weighted by Crippen LogP contribution is -2.36. The molecule has 7 heteroatoms. The van der Waals surface area contributed by atoms with Gasteiger partial charge in [0.05, 0.1) is 14.2 Å². The van der Waals surface area contributed by atoms with E-state index in [9.17, 15) is 4.79 Å². The number of hydrogen-bond donors (Lipinski definition) is 0. The lowest BCUT2D eigenvalue weighted by atomic mass is 10.1. The summed E-state index contributed by atoms with van der Waals surface area (Å²) < 4.78 is 15.9. The fourth-order valence-corrected chi connectivity index (χ4v) is 3.15. The van der Waals surface area contributed by atoms with E-state index in [-0.39, 0.29) is 11.9 Å². The Labute approximate surface area is 176 Å². The molecular formula is C23H27N3O4. The van der Waals surface area contributed by atoms with Gasteiger partial charge in [0.1, 0.15) is 0 Å². The Morgan fingerprint density at radius 3 is 2.47 bits per heavy atom. The first kappa shape index (κ1) is 21.4. The number of aromatic nitrogens is 2. The van der Waals surface area contributed by atoms with Gasteiger partial charge in [0.25, 0.3) is 0 Å². The summed E-state index contributed by atoms with van der Waals surface area (Å²) >= 11 is 0. The zero-order chi connectivity index (χ0) is 21.5. The van der Waals surface area contributed by atoms with Gasteiger partial charge >= 0.3 is 0 Å². The van der Waals surface area contributed by atoms with Gasteiger partial charge in [-0.05, 0) is 37.6 Å². The Morgan fingerprint density at radius 2 is 1.80 bits per heavy atom. The third-order valence-corrected chi connectivity index (χ3v) is 4.80. The Morgan fingerprint density at radius 1 is 1.07 bits per heavy atom. The molecule has 0 saturated heterocycles. The minimum absolute atomic E-state index is 0.0553. The van der Waals surface area contributed by atoms with Crippen molar-refractivity contribution in [3.05, 3.63) is 60.0 Å². The van der Waals surface area contributed by atoms with Crippen LogP contribution in [0.3, 0.4) is 0 Å². The third-order valence-electron chi connectivity index (χ3n) is 4.80. The van der Waals surface area contributed by atoms with Crippen LogP contribution in [0.2, 0.25) is 0 Å². The Balaban J connectivity index is 1.65. The standard InChI is InChI=1S/C23H27N3O4/c1-16(2)26(15-17-8-6-5-7-9-17)22(27)13-12-21-24-23(25-30-21)18-10-11-19(28-3)20(14-18)29-4/h5-11,14,16H,12-13,15H2,1-4H3. The van der Waals surface area contributed by atoms with Gasteiger partial charge < -0.3 is 18.9 Å². The largest absolute Gasteiger partial charge is 0.493 e. The highest BCUT2D eigenvalue weighted by atomic mass is 16.5. The van der Waals surface area contributed by atoms with Gasteiger partial charge in [-0.1, -0.05) is 35.5 Å². The number of carbonyl (C=O) groups is 1. The molecule has 0 aliphatic rings. The number of amides is 1. The molecule has 158 valence electrons. The number of aryl methyl sites for hydroxylation is 1. The quantitative estimate of drug-likeness (QED) is 0.529. The zero-order valence-electron chi connectivity index (χ0n) is 17.8. The van der Waals surface area contributed by atoms with Gasteiger partial charge in [0.15, 0.2) is 11.5 Å². The second kappa shape index (κ2) is 9.91. The third kappa shape index (κ3) is 5.17. The molecule has 0 fully saturated rings. The number of methoxy groups -OCH3 is 2. The van der Waals surface area contributed by atoms with Crippen molar-refractivity contribution in [3.63, 3.8) is 0 Å². The SMILES string of the molecule is COc1ccc(-c2noc(CCC(=O)N(Cc3ccccc3)C(C)C)n2)cc1OC. The van der Waals surface area contributed by atoms with Crippen molar-refractivity contribution in [3.8, 4) is 22.9 Å². The maximum Gasteiger partial charge on any atom is 0.227 e. The van der Waals surface area contributed by atoms with Gasteiger partial charge in [-0.2, -0.15) is 4.98 Å². The summed E-state index contributed by atoms with van der Waals surface area (Å²) in [5.41, 5.74) is 1.86. The van der Waals surface area contributed by atoms with Crippen molar-refractivity contribution in [1.82, 2.24) is 15.0 Å². The molecule has 0 radical (unpaired) electrons. The van der Waals surface area contributed by atoms with Crippen LogP contribution >= 0.6 is 0 Å². The number of benzene rings is 2. The second-order valence-electron chi connectivity index (χ2n) is 7.18. The fraction of sp³-hybridized carbons (Fsp3) is 0.348. The van der Waals surface area contributed by atoms with Crippen LogP contribution in [-0.4, -0.2) is 41.2 Å². The molecule has 0 aliphatic heterocycles. The van der Waals surface area contributed by atoms with Crippen LogP contribution < -0.4 is 9.47 Å². The minimum atomic E-state index is 0.0553. The highest BCUT2D eigenvalue weighted by Gasteiger charge is 2.19. The van der Waals surface area contributed by atoms with E-state index in [0.29, 0.717) is 42.6 Å². The van der Waals surface area contributed by atoms with Crippen molar-refractivity contribution >= 4 is 5.91 Å². The van der Waals surface area contributed by atoms with Gasteiger partial charge in [0, 0.05) is 31.0 Å². The van der Waals surface area contributed by atoms with Gasteiger partial charge in [-0.15, -0.1) is 0 Å². The normalized spacial score (nSPS) is 10.8. The topological polar surface area (TPSA) is 77.7 Å². The molecule has 0 spiro atoms. The van der Waals surface area contributed by atoms with E-state index in [1.165, 1.54) is 0 Å². The molecular weight excluding hydrogens is 382 g/mol.